The number of hydrogen-bond donors (Lipinski definition) is 1. The van der Waals surface area contributed by atoms with Crippen LogP contribution in [0.5, 0.6) is 0 Å². The second-order valence-corrected chi connectivity index (χ2v) is 8.14. The average molecular weight is 462 g/mol. The molecule has 2 aromatic rings. The van der Waals surface area contributed by atoms with Crippen molar-refractivity contribution in [3.05, 3.63) is 76.2 Å². The third-order valence-electron chi connectivity index (χ3n) is 4.09. The van der Waals surface area contributed by atoms with Gasteiger partial charge in [0.1, 0.15) is 11.5 Å². The SMILES string of the molecule is CN1C(C(=O)Nc2ccc(F)c(Cl)c2)=CC(c2ccc(C(F)(F)F)cc2)=NS1(=O)=O. The molecule has 1 aliphatic heterocycles. The van der Waals surface area contributed by atoms with E-state index >= 15 is 0 Å². The molecule has 1 aliphatic rings. The smallest absolute Gasteiger partial charge is 0.321 e. The number of alkyl halides is 3. The van der Waals surface area contributed by atoms with Crippen molar-refractivity contribution in [3.8, 4) is 0 Å². The first-order valence-corrected chi connectivity index (χ1v) is 9.90. The Kier molecular flexibility index (Phi) is 5.61. The summed E-state index contributed by atoms with van der Waals surface area (Å²) < 4.78 is 80.3. The minimum atomic E-state index is -4.56. The van der Waals surface area contributed by atoms with E-state index in [4.69, 9.17) is 11.6 Å². The molecule has 1 amide bonds. The van der Waals surface area contributed by atoms with Gasteiger partial charge in [-0.3, -0.25) is 4.79 Å². The van der Waals surface area contributed by atoms with Crippen LogP contribution in [0.15, 0.2) is 58.6 Å². The molecule has 0 bridgehead atoms. The zero-order valence-corrected chi connectivity index (χ0v) is 16.6. The van der Waals surface area contributed by atoms with Crippen molar-refractivity contribution in [1.29, 1.82) is 0 Å². The van der Waals surface area contributed by atoms with E-state index in [0.29, 0.717) is 4.31 Å². The van der Waals surface area contributed by atoms with Crippen LogP contribution in [0.3, 0.4) is 0 Å². The highest BCUT2D eigenvalue weighted by atomic mass is 35.5. The number of rotatable bonds is 3. The molecular weight excluding hydrogens is 450 g/mol. The van der Waals surface area contributed by atoms with E-state index in [0.717, 1.165) is 49.5 Å². The van der Waals surface area contributed by atoms with E-state index in [-0.39, 0.29) is 27.7 Å². The van der Waals surface area contributed by atoms with E-state index < -0.39 is 33.7 Å². The van der Waals surface area contributed by atoms with E-state index in [1.807, 2.05) is 0 Å². The van der Waals surface area contributed by atoms with Gasteiger partial charge in [-0.2, -0.15) is 21.6 Å². The molecule has 0 saturated heterocycles. The molecule has 0 aromatic heterocycles. The molecular formula is C18H12ClF4N3O3S. The van der Waals surface area contributed by atoms with Gasteiger partial charge in [0.05, 0.1) is 16.3 Å². The second kappa shape index (κ2) is 7.73. The van der Waals surface area contributed by atoms with Gasteiger partial charge in [-0.15, -0.1) is 4.40 Å². The van der Waals surface area contributed by atoms with Crippen molar-refractivity contribution >= 4 is 39.1 Å². The minimum Gasteiger partial charge on any atom is -0.321 e. The maximum absolute atomic E-state index is 13.3. The summed E-state index contributed by atoms with van der Waals surface area (Å²) in [6.07, 6.45) is -3.44. The van der Waals surface area contributed by atoms with Crippen molar-refractivity contribution < 1.29 is 30.8 Å². The molecule has 0 atom stereocenters. The molecule has 0 aliphatic carbocycles. The van der Waals surface area contributed by atoms with Gasteiger partial charge in [0, 0.05) is 18.3 Å². The molecule has 6 nitrogen and oxygen atoms in total. The van der Waals surface area contributed by atoms with Crippen LogP contribution in [0.2, 0.25) is 5.02 Å². The fraction of sp³-hybridized carbons (Fsp3) is 0.111. The van der Waals surface area contributed by atoms with Crippen molar-refractivity contribution in [2.45, 2.75) is 6.18 Å². The molecule has 0 saturated carbocycles. The second-order valence-electron chi connectivity index (χ2n) is 6.11. The highest BCUT2D eigenvalue weighted by molar-refractivity contribution is 7.88. The molecule has 3 rings (SSSR count). The fourth-order valence-electron chi connectivity index (χ4n) is 2.50. The predicted octanol–water partition coefficient (Wildman–Crippen LogP) is 4.00. The Morgan fingerprint density at radius 1 is 1.13 bits per heavy atom. The predicted molar refractivity (Wildman–Crippen MR) is 103 cm³/mol. The molecule has 1 heterocycles. The Labute approximate surface area is 173 Å². The Bertz CT molecular complexity index is 1180. The summed E-state index contributed by atoms with van der Waals surface area (Å²) in [5, 5.41) is 2.13. The van der Waals surface area contributed by atoms with Crippen LogP contribution in [0.25, 0.3) is 0 Å². The van der Waals surface area contributed by atoms with Crippen molar-refractivity contribution in [2.24, 2.45) is 4.40 Å². The van der Waals surface area contributed by atoms with Crippen LogP contribution >= 0.6 is 11.6 Å². The fourth-order valence-corrected chi connectivity index (χ4v) is 3.59. The van der Waals surface area contributed by atoms with Gasteiger partial charge < -0.3 is 5.32 Å². The molecule has 12 heteroatoms. The number of hydrogen-bond acceptors (Lipinski definition) is 3. The topological polar surface area (TPSA) is 78.8 Å². The van der Waals surface area contributed by atoms with Crippen LogP contribution in [-0.2, 0) is 21.2 Å². The van der Waals surface area contributed by atoms with Crippen LogP contribution in [0.4, 0.5) is 23.2 Å². The first kappa shape index (κ1) is 21.8. The van der Waals surface area contributed by atoms with Gasteiger partial charge in [0.2, 0.25) is 0 Å². The lowest BCUT2D eigenvalue weighted by molar-refractivity contribution is -0.137. The van der Waals surface area contributed by atoms with E-state index in [1.165, 1.54) is 6.07 Å². The van der Waals surface area contributed by atoms with Crippen molar-refractivity contribution in [2.75, 3.05) is 12.4 Å². The van der Waals surface area contributed by atoms with Crippen LogP contribution in [-0.4, -0.2) is 31.4 Å². The monoisotopic (exact) mass is 461 g/mol. The highest BCUT2D eigenvalue weighted by Crippen LogP contribution is 2.30. The van der Waals surface area contributed by atoms with Crippen LogP contribution in [0.1, 0.15) is 11.1 Å². The third-order valence-corrected chi connectivity index (χ3v) is 5.70. The maximum Gasteiger partial charge on any atom is 0.416 e. The molecule has 0 radical (unpaired) electrons. The molecule has 0 fully saturated rings. The number of allylic oxidation sites excluding steroid dienone is 1. The number of nitrogens with one attached hydrogen (secondary N) is 1. The quantitative estimate of drug-likeness (QED) is 0.702. The molecule has 30 heavy (non-hydrogen) atoms. The lowest BCUT2D eigenvalue weighted by atomic mass is 10.1. The number of likely N-dealkylation sites (N-methyl/N-ethyl adjacent to an activating group) is 1. The standard InChI is InChI=1S/C18H12ClF4N3O3S/c1-26-16(17(27)24-12-6-7-14(20)13(19)8-12)9-15(25-30(26,28)29)10-2-4-11(5-3-10)18(21,22)23/h2-9H,1H3,(H,24,27). The summed E-state index contributed by atoms with van der Waals surface area (Å²) in [6, 6.07) is 7.03. The summed E-state index contributed by atoms with van der Waals surface area (Å²) in [7, 11) is -3.23. The summed E-state index contributed by atoms with van der Waals surface area (Å²) in [5.41, 5.74) is -1.31. The van der Waals surface area contributed by atoms with Gasteiger partial charge in [-0.25, -0.2) is 8.70 Å². The molecule has 1 N–H and O–H groups in total. The molecule has 0 spiro atoms. The van der Waals surface area contributed by atoms with Gasteiger partial charge >= 0.3 is 16.4 Å². The van der Waals surface area contributed by atoms with Crippen molar-refractivity contribution in [3.63, 3.8) is 0 Å². The Balaban J connectivity index is 1.95. The van der Waals surface area contributed by atoms with Gasteiger partial charge in [-0.1, -0.05) is 23.7 Å². The molecule has 0 unspecified atom stereocenters. The number of halogens is 5. The number of anilines is 1. The molecule has 158 valence electrons. The summed E-state index contributed by atoms with van der Waals surface area (Å²) in [5.74, 6) is -1.58. The van der Waals surface area contributed by atoms with E-state index in [9.17, 15) is 30.8 Å². The average Bonchev–Trinajstić information content (AvgIpc) is 2.66. The number of carbonyl (C=O) groups excluding carboxylic acids is 1. The zero-order chi connectivity index (χ0) is 22.3. The maximum atomic E-state index is 13.3. The van der Waals surface area contributed by atoms with E-state index in [1.54, 1.807) is 0 Å². The number of carbonyl (C=O) groups is 1. The number of amides is 1. The van der Waals surface area contributed by atoms with E-state index in [2.05, 4.69) is 9.71 Å². The largest absolute Gasteiger partial charge is 0.416 e. The normalized spacial score (nSPS) is 16.0. The van der Waals surface area contributed by atoms with Gasteiger partial charge in [-0.05, 0) is 36.4 Å². The lowest BCUT2D eigenvalue weighted by Crippen LogP contribution is -2.35. The van der Waals surface area contributed by atoms with Crippen molar-refractivity contribution in [1.82, 2.24) is 4.31 Å². The Morgan fingerprint density at radius 2 is 1.77 bits per heavy atom. The summed E-state index contributed by atoms with van der Waals surface area (Å²) >= 11 is 5.66. The molecule has 2 aromatic carbocycles. The number of nitrogens with zero attached hydrogens (tertiary/aromatic N) is 2. The number of benzene rings is 2. The minimum absolute atomic E-state index is 0.0646. The highest BCUT2D eigenvalue weighted by Gasteiger charge is 2.32. The Hall–Kier alpha value is -2.92. The summed E-state index contributed by atoms with van der Waals surface area (Å²) in [6.45, 7) is 0. The lowest BCUT2D eigenvalue weighted by Gasteiger charge is -2.23. The zero-order valence-electron chi connectivity index (χ0n) is 15.0. The first-order chi connectivity index (χ1) is 13.9. The first-order valence-electron chi connectivity index (χ1n) is 8.13. The third kappa shape index (κ3) is 4.46. The van der Waals surface area contributed by atoms with Crippen LogP contribution < -0.4 is 5.32 Å². The Morgan fingerprint density at radius 3 is 2.33 bits per heavy atom. The van der Waals surface area contributed by atoms with Crippen LogP contribution in [0, 0.1) is 5.82 Å². The van der Waals surface area contributed by atoms with Gasteiger partial charge in [0.25, 0.3) is 5.91 Å². The summed E-state index contributed by atoms with van der Waals surface area (Å²) in [4.78, 5) is 12.6. The van der Waals surface area contributed by atoms with Gasteiger partial charge in [0.15, 0.2) is 0 Å².